The largest absolute Gasteiger partial charge is 0.508 e. The second kappa shape index (κ2) is 4.85. The molecule has 0 fully saturated rings. The predicted molar refractivity (Wildman–Crippen MR) is 79.6 cm³/mol. The molecule has 0 unspecified atom stereocenters. The fourth-order valence-corrected chi connectivity index (χ4v) is 2.52. The van der Waals surface area contributed by atoms with Crippen LogP contribution in [0.2, 0.25) is 10.0 Å². The first-order valence-corrected chi connectivity index (χ1v) is 6.52. The summed E-state index contributed by atoms with van der Waals surface area (Å²) < 4.78 is 5.39. The molecule has 0 saturated carbocycles. The Labute approximate surface area is 124 Å². The predicted octanol–water partition coefficient (Wildman–Crippen LogP) is 4.47. The number of halogens is 2. The van der Waals surface area contributed by atoms with Crippen molar-refractivity contribution in [2.45, 2.75) is 0 Å². The Morgan fingerprint density at radius 2 is 1.80 bits per heavy atom. The van der Waals surface area contributed by atoms with E-state index in [1.165, 1.54) is 24.5 Å². The summed E-state index contributed by atoms with van der Waals surface area (Å²) in [6.45, 7) is 0. The molecule has 3 rings (SSSR count). The first-order chi connectivity index (χ1) is 9.56. The van der Waals surface area contributed by atoms with Crippen molar-refractivity contribution in [1.29, 1.82) is 0 Å². The minimum absolute atomic E-state index is 0.0397. The molecule has 0 spiro atoms. The Kier molecular flexibility index (Phi) is 3.16. The molecule has 0 atom stereocenters. The molecule has 3 nitrogen and oxygen atoms in total. The number of phenols is 1. The summed E-state index contributed by atoms with van der Waals surface area (Å²) in [7, 11) is 0. The van der Waals surface area contributed by atoms with Crippen molar-refractivity contribution >= 4 is 34.2 Å². The van der Waals surface area contributed by atoms with Gasteiger partial charge in [0.05, 0.1) is 16.0 Å². The highest BCUT2D eigenvalue weighted by atomic mass is 35.5. The van der Waals surface area contributed by atoms with Gasteiger partial charge in [-0.1, -0.05) is 29.3 Å². The van der Waals surface area contributed by atoms with Gasteiger partial charge in [-0.25, -0.2) is 0 Å². The first kappa shape index (κ1) is 13.0. The number of hydrogen-bond donors (Lipinski definition) is 1. The van der Waals surface area contributed by atoms with Crippen LogP contribution in [0.3, 0.4) is 0 Å². The van der Waals surface area contributed by atoms with Gasteiger partial charge in [0.1, 0.15) is 17.6 Å². The van der Waals surface area contributed by atoms with Crippen molar-refractivity contribution in [2.24, 2.45) is 0 Å². The van der Waals surface area contributed by atoms with Gasteiger partial charge in [0.25, 0.3) is 0 Å². The normalized spacial score (nSPS) is 10.9. The van der Waals surface area contributed by atoms with Gasteiger partial charge >= 0.3 is 0 Å². The van der Waals surface area contributed by atoms with Gasteiger partial charge in [0.2, 0.25) is 5.43 Å². The number of rotatable bonds is 1. The van der Waals surface area contributed by atoms with E-state index < -0.39 is 0 Å². The van der Waals surface area contributed by atoms with Gasteiger partial charge < -0.3 is 9.52 Å². The third-order valence-electron chi connectivity index (χ3n) is 2.98. The van der Waals surface area contributed by atoms with Crippen LogP contribution in [0.1, 0.15) is 0 Å². The van der Waals surface area contributed by atoms with E-state index in [0.29, 0.717) is 32.1 Å². The van der Waals surface area contributed by atoms with E-state index in [1.54, 1.807) is 18.2 Å². The lowest BCUT2D eigenvalue weighted by Crippen LogP contribution is -2.04. The summed E-state index contributed by atoms with van der Waals surface area (Å²) in [5.41, 5.74) is 1.02. The summed E-state index contributed by atoms with van der Waals surface area (Å²) >= 11 is 12.0. The van der Waals surface area contributed by atoms with Crippen molar-refractivity contribution in [3.63, 3.8) is 0 Å². The van der Waals surface area contributed by atoms with Gasteiger partial charge in [0, 0.05) is 16.7 Å². The zero-order chi connectivity index (χ0) is 14.3. The highest BCUT2D eigenvalue weighted by molar-refractivity contribution is 6.36. The molecule has 2 aromatic carbocycles. The number of benzene rings is 2. The maximum absolute atomic E-state index is 12.4. The molecule has 0 aliphatic rings. The minimum Gasteiger partial charge on any atom is -0.508 e. The Balaban J connectivity index is 2.30. The van der Waals surface area contributed by atoms with Crippen LogP contribution < -0.4 is 5.43 Å². The molecule has 0 aliphatic heterocycles. The summed E-state index contributed by atoms with van der Waals surface area (Å²) in [5.74, 6) is 0.0397. The third-order valence-corrected chi connectivity index (χ3v) is 3.53. The number of aromatic hydroxyl groups is 1. The van der Waals surface area contributed by atoms with Crippen LogP contribution in [-0.4, -0.2) is 5.11 Å². The Bertz CT molecular complexity index is 869. The first-order valence-electron chi connectivity index (χ1n) is 5.76. The van der Waals surface area contributed by atoms with Crippen LogP contribution >= 0.6 is 23.2 Å². The standard InChI is InChI=1S/C15H8Cl2O3/c16-8-1-3-10(13(17)5-8)12-7-20-14-6-9(18)2-4-11(14)15(12)19/h1-7,18H. The molecular weight excluding hydrogens is 299 g/mol. The van der Waals surface area contributed by atoms with Gasteiger partial charge in [-0.2, -0.15) is 0 Å². The summed E-state index contributed by atoms with van der Waals surface area (Å²) in [4.78, 5) is 12.4. The molecule has 0 saturated heterocycles. The van der Waals surface area contributed by atoms with Crippen LogP contribution in [0.5, 0.6) is 5.75 Å². The molecule has 0 amide bonds. The zero-order valence-electron chi connectivity index (χ0n) is 10.1. The van der Waals surface area contributed by atoms with Crippen molar-refractivity contribution < 1.29 is 9.52 Å². The highest BCUT2D eigenvalue weighted by Crippen LogP contribution is 2.30. The molecular formula is C15H8Cl2O3. The molecule has 1 heterocycles. The molecule has 0 radical (unpaired) electrons. The molecule has 0 aliphatic carbocycles. The number of fused-ring (bicyclic) bond motifs is 1. The Morgan fingerprint density at radius 1 is 1.00 bits per heavy atom. The van der Waals surface area contributed by atoms with E-state index in [-0.39, 0.29) is 11.2 Å². The van der Waals surface area contributed by atoms with Crippen molar-refractivity contribution in [3.8, 4) is 16.9 Å². The van der Waals surface area contributed by atoms with Crippen LogP contribution in [0.15, 0.2) is 51.9 Å². The lowest BCUT2D eigenvalue weighted by molar-refractivity contribution is 0.474. The van der Waals surface area contributed by atoms with Crippen LogP contribution in [0.25, 0.3) is 22.1 Å². The topological polar surface area (TPSA) is 50.4 Å². The zero-order valence-corrected chi connectivity index (χ0v) is 11.6. The summed E-state index contributed by atoms with van der Waals surface area (Å²) in [5, 5.41) is 10.6. The lowest BCUT2D eigenvalue weighted by atomic mass is 10.1. The number of hydrogen-bond acceptors (Lipinski definition) is 3. The highest BCUT2D eigenvalue weighted by Gasteiger charge is 2.12. The molecule has 100 valence electrons. The van der Waals surface area contributed by atoms with Crippen LogP contribution in [0.4, 0.5) is 0 Å². The minimum atomic E-state index is -0.213. The van der Waals surface area contributed by atoms with Crippen LogP contribution in [0, 0.1) is 0 Å². The van der Waals surface area contributed by atoms with E-state index in [2.05, 4.69) is 0 Å². The fourth-order valence-electron chi connectivity index (χ4n) is 2.01. The lowest BCUT2D eigenvalue weighted by Gasteiger charge is -2.05. The van der Waals surface area contributed by atoms with E-state index in [0.717, 1.165) is 0 Å². The van der Waals surface area contributed by atoms with E-state index in [4.69, 9.17) is 27.6 Å². The molecule has 1 N–H and O–H groups in total. The monoisotopic (exact) mass is 306 g/mol. The van der Waals surface area contributed by atoms with Crippen molar-refractivity contribution in [3.05, 3.63) is 62.9 Å². The smallest absolute Gasteiger partial charge is 0.200 e. The maximum Gasteiger partial charge on any atom is 0.200 e. The second-order valence-corrected chi connectivity index (χ2v) is 5.13. The van der Waals surface area contributed by atoms with Gasteiger partial charge in [-0.05, 0) is 24.3 Å². The maximum atomic E-state index is 12.4. The average molecular weight is 307 g/mol. The van der Waals surface area contributed by atoms with E-state index >= 15 is 0 Å². The molecule has 20 heavy (non-hydrogen) atoms. The summed E-state index contributed by atoms with van der Waals surface area (Å²) in [6.07, 6.45) is 1.33. The van der Waals surface area contributed by atoms with Crippen molar-refractivity contribution in [1.82, 2.24) is 0 Å². The Morgan fingerprint density at radius 3 is 2.55 bits per heavy atom. The van der Waals surface area contributed by atoms with E-state index in [9.17, 15) is 9.90 Å². The van der Waals surface area contributed by atoms with Crippen molar-refractivity contribution in [2.75, 3.05) is 0 Å². The van der Waals surface area contributed by atoms with Gasteiger partial charge in [0.15, 0.2) is 0 Å². The number of phenolic OH excluding ortho intramolecular Hbond substituents is 1. The van der Waals surface area contributed by atoms with Gasteiger partial charge in [-0.3, -0.25) is 4.79 Å². The summed E-state index contributed by atoms with van der Waals surface area (Å²) in [6, 6.07) is 9.24. The second-order valence-electron chi connectivity index (χ2n) is 4.28. The third kappa shape index (κ3) is 2.15. The van der Waals surface area contributed by atoms with Crippen LogP contribution in [-0.2, 0) is 0 Å². The van der Waals surface area contributed by atoms with E-state index in [1.807, 2.05) is 0 Å². The fraction of sp³-hybridized carbons (Fsp3) is 0. The molecule has 5 heteroatoms. The average Bonchev–Trinajstić information content (AvgIpc) is 2.40. The molecule has 0 bridgehead atoms. The SMILES string of the molecule is O=c1c(-c2ccc(Cl)cc2Cl)coc2cc(O)ccc12. The quantitative estimate of drug-likeness (QED) is 0.721. The van der Waals surface area contributed by atoms with Gasteiger partial charge in [-0.15, -0.1) is 0 Å². The molecule has 3 aromatic rings. The Hall–Kier alpha value is -1.97. The molecule has 1 aromatic heterocycles.